The van der Waals surface area contributed by atoms with E-state index in [4.69, 9.17) is 5.73 Å². The Balaban J connectivity index is 0.00000128. The van der Waals surface area contributed by atoms with Crippen LogP contribution in [0.4, 0.5) is 0 Å². The minimum atomic E-state index is 0. The maximum Gasteiger partial charge on any atom is 0.0942 e. The van der Waals surface area contributed by atoms with Crippen molar-refractivity contribution in [2.75, 3.05) is 0 Å². The van der Waals surface area contributed by atoms with Crippen LogP contribution in [0, 0.1) is 0 Å². The van der Waals surface area contributed by atoms with Gasteiger partial charge < -0.3 is 18.1 Å². The molecule has 0 aliphatic heterocycles. The monoisotopic (exact) mass is 251 g/mol. The number of hydrogen-bond donors (Lipinski definition) is 1. The second kappa shape index (κ2) is 6.65. The van der Waals surface area contributed by atoms with Crippen molar-refractivity contribution in [1.29, 1.82) is 0 Å². The fourth-order valence-corrected chi connectivity index (χ4v) is 2.68. The minimum Gasteiger partial charge on any atom is -1.00 e. The smallest absolute Gasteiger partial charge is 0.0942 e. The second-order valence-corrected chi connectivity index (χ2v) is 5.12. The molecule has 1 atom stereocenters. The molecule has 3 heteroatoms. The van der Waals surface area contributed by atoms with E-state index in [-0.39, 0.29) is 21.0 Å². The minimum absolute atomic E-state index is 0. The summed E-state index contributed by atoms with van der Waals surface area (Å²) in [4.78, 5) is 0. The molecule has 0 saturated heterocycles. The summed E-state index contributed by atoms with van der Waals surface area (Å²) in [6.45, 7) is 0.626. The molecule has 0 aliphatic carbocycles. The Bertz CT molecular complexity index is 414. The molecule has 0 saturated carbocycles. The SMILES string of the molecule is NCc1ccc([PH2+]c2ccccc2)cc1.[Cl-]. The number of nitrogens with two attached hydrogens (primary N) is 1. The molecule has 0 aromatic heterocycles. The highest BCUT2D eigenvalue weighted by atomic mass is 35.5. The van der Waals surface area contributed by atoms with Crippen LogP contribution in [0.3, 0.4) is 0 Å². The topological polar surface area (TPSA) is 26.0 Å². The van der Waals surface area contributed by atoms with Gasteiger partial charge in [0.1, 0.15) is 0 Å². The highest BCUT2D eigenvalue weighted by molar-refractivity contribution is 7.55. The van der Waals surface area contributed by atoms with E-state index in [1.807, 2.05) is 0 Å². The molecule has 0 aliphatic rings. The van der Waals surface area contributed by atoms with Crippen LogP contribution in [-0.2, 0) is 6.54 Å². The largest absolute Gasteiger partial charge is 1.00 e. The first-order valence-electron chi connectivity index (χ1n) is 5.07. The summed E-state index contributed by atoms with van der Waals surface area (Å²) < 4.78 is 0. The van der Waals surface area contributed by atoms with Gasteiger partial charge in [0.25, 0.3) is 0 Å². The Kier molecular flexibility index (Phi) is 5.48. The molecule has 1 nitrogen and oxygen atoms in total. The third-order valence-electron chi connectivity index (χ3n) is 2.35. The fraction of sp³-hybridized carbons (Fsp3) is 0.0769. The van der Waals surface area contributed by atoms with Gasteiger partial charge in [0.2, 0.25) is 0 Å². The van der Waals surface area contributed by atoms with Crippen LogP contribution < -0.4 is 28.7 Å². The lowest BCUT2D eigenvalue weighted by Gasteiger charge is -1.97. The van der Waals surface area contributed by atoms with E-state index < -0.39 is 0 Å². The van der Waals surface area contributed by atoms with Crippen LogP contribution in [0.25, 0.3) is 0 Å². The first-order chi connectivity index (χ1) is 7.38. The Morgan fingerprint density at radius 1 is 0.812 bits per heavy atom. The molecule has 0 amide bonds. The van der Waals surface area contributed by atoms with Gasteiger partial charge in [-0.1, -0.05) is 30.3 Å². The summed E-state index contributed by atoms with van der Waals surface area (Å²) in [5, 5.41) is 2.84. The molecule has 2 N–H and O–H groups in total. The summed E-state index contributed by atoms with van der Waals surface area (Å²) in [6.07, 6.45) is 0. The number of hydrogen-bond acceptors (Lipinski definition) is 1. The van der Waals surface area contributed by atoms with Crippen LogP contribution in [0.15, 0.2) is 54.6 Å². The summed E-state index contributed by atoms with van der Waals surface area (Å²) in [5.74, 6) is 0. The summed E-state index contributed by atoms with van der Waals surface area (Å²) in [6, 6.07) is 19.2. The second-order valence-electron chi connectivity index (χ2n) is 3.50. The zero-order valence-corrected chi connectivity index (χ0v) is 10.8. The standard InChI is InChI=1S/C13H14NP.ClH/c14-10-11-6-8-13(9-7-11)15-12-4-2-1-3-5-12;/h1-9,15H,10,14H2;1H. The number of rotatable bonds is 3. The molecule has 2 aromatic rings. The predicted octanol–water partition coefficient (Wildman–Crippen LogP) is -1.49. The quantitative estimate of drug-likeness (QED) is 0.661. The van der Waals surface area contributed by atoms with Crippen molar-refractivity contribution in [3.63, 3.8) is 0 Å². The van der Waals surface area contributed by atoms with Crippen molar-refractivity contribution < 1.29 is 12.4 Å². The lowest BCUT2D eigenvalue weighted by atomic mass is 10.2. The summed E-state index contributed by atoms with van der Waals surface area (Å²) in [7, 11) is 0.218. The number of halogens is 1. The Hall–Kier alpha value is -0.880. The molecule has 0 bridgehead atoms. The highest BCUT2D eigenvalue weighted by Gasteiger charge is 2.02. The lowest BCUT2D eigenvalue weighted by Crippen LogP contribution is -3.00. The third kappa shape index (κ3) is 3.61. The van der Waals surface area contributed by atoms with Gasteiger partial charge in [0.15, 0.2) is 0 Å². The molecular weight excluding hydrogens is 237 g/mol. The molecule has 2 rings (SSSR count). The molecule has 0 heterocycles. The van der Waals surface area contributed by atoms with Crippen LogP contribution in [0.2, 0.25) is 0 Å². The Labute approximate surface area is 104 Å². The third-order valence-corrected chi connectivity index (χ3v) is 3.78. The maximum atomic E-state index is 5.56. The van der Waals surface area contributed by atoms with Crippen LogP contribution in [-0.4, -0.2) is 0 Å². The van der Waals surface area contributed by atoms with Crippen LogP contribution >= 0.6 is 8.58 Å². The summed E-state index contributed by atoms with van der Waals surface area (Å²) in [5.41, 5.74) is 6.76. The van der Waals surface area contributed by atoms with Gasteiger partial charge in [0.05, 0.1) is 19.2 Å². The normalized spacial score (nSPS) is 10.3. The zero-order valence-electron chi connectivity index (χ0n) is 8.94. The first-order valence-corrected chi connectivity index (χ1v) is 6.23. The van der Waals surface area contributed by atoms with Crippen LogP contribution in [0.5, 0.6) is 0 Å². The zero-order chi connectivity index (χ0) is 10.5. The average molecular weight is 252 g/mol. The molecule has 2 aromatic carbocycles. The predicted molar refractivity (Wildman–Crippen MR) is 69.8 cm³/mol. The Morgan fingerprint density at radius 3 is 1.94 bits per heavy atom. The van der Waals surface area contributed by atoms with Gasteiger partial charge in [-0.25, -0.2) is 0 Å². The molecule has 1 unspecified atom stereocenters. The van der Waals surface area contributed by atoms with E-state index in [1.165, 1.54) is 16.2 Å². The van der Waals surface area contributed by atoms with Crippen LogP contribution in [0.1, 0.15) is 5.56 Å². The molecular formula is C13H15ClNP. The van der Waals surface area contributed by atoms with Gasteiger partial charge in [0, 0.05) is 6.54 Å². The van der Waals surface area contributed by atoms with E-state index in [0.717, 1.165) is 0 Å². The Morgan fingerprint density at radius 2 is 1.38 bits per heavy atom. The van der Waals surface area contributed by atoms with E-state index in [9.17, 15) is 0 Å². The fourth-order valence-electron chi connectivity index (χ4n) is 1.49. The molecule has 16 heavy (non-hydrogen) atoms. The van der Waals surface area contributed by atoms with E-state index in [0.29, 0.717) is 6.54 Å². The molecule has 84 valence electrons. The van der Waals surface area contributed by atoms with Crippen molar-refractivity contribution >= 4 is 19.2 Å². The van der Waals surface area contributed by atoms with Gasteiger partial charge in [-0.2, -0.15) is 0 Å². The van der Waals surface area contributed by atoms with E-state index in [1.54, 1.807) is 0 Å². The van der Waals surface area contributed by atoms with Gasteiger partial charge in [-0.05, 0) is 29.8 Å². The molecule has 0 fully saturated rings. The summed E-state index contributed by atoms with van der Waals surface area (Å²) >= 11 is 0. The van der Waals surface area contributed by atoms with Gasteiger partial charge >= 0.3 is 0 Å². The van der Waals surface area contributed by atoms with Crippen molar-refractivity contribution in [1.82, 2.24) is 0 Å². The van der Waals surface area contributed by atoms with Crippen molar-refractivity contribution in [3.8, 4) is 0 Å². The highest BCUT2D eigenvalue weighted by Crippen LogP contribution is 2.10. The van der Waals surface area contributed by atoms with Gasteiger partial charge in [-0.3, -0.25) is 0 Å². The van der Waals surface area contributed by atoms with Crippen molar-refractivity contribution in [3.05, 3.63) is 60.2 Å². The molecule has 0 spiro atoms. The van der Waals surface area contributed by atoms with E-state index >= 15 is 0 Å². The van der Waals surface area contributed by atoms with Crippen molar-refractivity contribution in [2.24, 2.45) is 5.73 Å². The maximum absolute atomic E-state index is 5.56. The lowest BCUT2D eigenvalue weighted by molar-refractivity contribution is -0.00000294. The number of benzene rings is 2. The van der Waals surface area contributed by atoms with E-state index in [2.05, 4.69) is 54.6 Å². The molecule has 0 radical (unpaired) electrons. The average Bonchev–Trinajstić information content (AvgIpc) is 2.31. The first kappa shape index (κ1) is 13.2. The van der Waals surface area contributed by atoms with Crippen molar-refractivity contribution in [2.45, 2.75) is 6.54 Å². The van der Waals surface area contributed by atoms with Gasteiger partial charge in [-0.15, -0.1) is 0 Å².